The summed E-state index contributed by atoms with van der Waals surface area (Å²) in [5, 5.41) is 16.6. The summed E-state index contributed by atoms with van der Waals surface area (Å²) in [7, 11) is 0. The summed E-state index contributed by atoms with van der Waals surface area (Å²) in [5.74, 6) is -6.26. The summed E-state index contributed by atoms with van der Waals surface area (Å²) in [5.41, 5.74) is -1.22. The van der Waals surface area contributed by atoms with Gasteiger partial charge in [0.05, 0.1) is 18.2 Å². The summed E-state index contributed by atoms with van der Waals surface area (Å²) in [6, 6.07) is -0.856. The zero-order valence-corrected chi connectivity index (χ0v) is 22.5. The Hall–Kier alpha value is -3.76. The molecule has 14 heteroatoms. The molecule has 0 bridgehead atoms. The Balaban J connectivity index is 1.55. The highest BCUT2D eigenvalue weighted by atomic mass is 19.4. The normalized spacial score (nSPS) is 26.1. The number of aromatic nitrogens is 1. The van der Waals surface area contributed by atoms with Crippen molar-refractivity contribution in [3.8, 4) is 6.07 Å². The maximum absolute atomic E-state index is 13.8. The first kappa shape index (κ1) is 29.2. The monoisotopic (exact) mass is 566 g/mol. The number of halogens is 4. The van der Waals surface area contributed by atoms with Gasteiger partial charge < -0.3 is 20.9 Å². The van der Waals surface area contributed by atoms with Crippen molar-refractivity contribution in [3.05, 3.63) is 23.6 Å². The molecule has 1 aromatic rings. The van der Waals surface area contributed by atoms with Crippen LogP contribution < -0.4 is 16.0 Å². The quantitative estimate of drug-likeness (QED) is 0.451. The van der Waals surface area contributed by atoms with E-state index in [9.17, 15) is 42.0 Å². The van der Waals surface area contributed by atoms with E-state index in [0.29, 0.717) is 0 Å². The van der Waals surface area contributed by atoms with Gasteiger partial charge >= 0.3 is 12.1 Å². The average molecular weight is 567 g/mol. The van der Waals surface area contributed by atoms with Crippen molar-refractivity contribution in [2.45, 2.75) is 71.3 Å². The Morgan fingerprint density at radius 2 is 1.90 bits per heavy atom. The van der Waals surface area contributed by atoms with Gasteiger partial charge in [-0.15, -0.1) is 0 Å². The zero-order valence-electron chi connectivity index (χ0n) is 22.5. The van der Waals surface area contributed by atoms with Crippen LogP contribution in [0, 0.1) is 39.8 Å². The molecule has 3 N–H and O–H groups in total. The number of amides is 4. The second-order valence-electron chi connectivity index (χ2n) is 12.2. The molecule has 6 atom stereocenters. The fourth-order valence-electron chi connectivity index (χ4n) is 5.88. The fraction of sp³-hybridized carbons (Fsp3) is 0.615. The van der Waals surface area contributed by atoms with Crippen LogP contribution in [-0.4, -0.2) is 64.4 Å². The van der Waals surface area contributed by atoms with E-state index in [1.165, 1.54) is 25.7 Å². The molecule has 4 amide bonds. The van der Waals surface area contributed by atoms with Crippen molar-refractivity contribution < 1.29 is 36.7 Å². The van der Waals surface area contributed by atoms with Crippen LogP contribution >= 0.6 is 0 Å². The minimum Gasteiger partial charge on any atom is -0.339 e. The van der Waals surface area contributed by atoms with Crippen LogP contribution in [0.1, 0.15) is 52.5 Å². The van der Waals surface area contributed by atoms with Crippen molar-refractivity contribution in [1.29, 1.82) is 5.26 Å². The van der Waals surface area contributed by atoms with Crippen LogP contribution in [0.25, 0.3) is 0 Å². The molecular weight excluding hydrogens is 536 g/mol. The average Bonchev–Trinajstić information content (AvgIpc) is 3.14. The number of pyridine rings is 1. The van der Waals surface area contributed by atoms with Gasteiger partial charge in [0.15, 0.2) is 0 Å². The lowest BCUT2D eigenvalue weighted by Gasteiger charge is -2.37. The number of nitriles is 1. The van der Waals surface area contributed by atoms with Crippen LogP contribution in [0.5, 0.6) is 0 Å². The number of likely N-dealkylation sites (tertiary alicyclic amines) is 1. The van der Waals surface area contributed by atoms with Crippen molar-refractivity contribution >= 4 is 29.4 Å². The standard InChI is InChI=1S/C26H30F4N6O4/c1-24(2,3)18(34-23(40)26(28,29)30)22(39)36-10-15-16(25(15,4)5)17(36)21(38)33-12(8-31)7-14-13-6-11(27)9-32-19(13)35-20(14)37/h6,9,12,14-18H,7,10H2,1-5H3,(H,33,38)(H,34,40)(H,32,35,37)/t12-,14?,15-,16-,17-,18+/m0/s1. The van der Waals surface area contributed by atoms with Gasteiger partial charge in [0.1, 0.15) is 29.8 Å². The Kier molecular flexibility index (Phi) is 7.09. The van der Waals surface area contributed by atoms with Crippen LogP contribution in [-0.2, 0) is 19.2 Å². The highest BCUT2D eigenvalue weighted by Crippen LogP contribution is 2.65. The highest BCUT2D eigenvalue weighted by Gasteiger charge is 2.70. The minimum absolute atomic E-state index is 0.0869. The van der Waals surface area contributed by atoms with Crippen molar-refractivity contribution in [3.63, 3.8) is 0 Å². The fourth-order valence-corrected chi connectivity index (χ4v) is 5.88. The van der Waals surface area contributed by atoms with Gasteiger partial charge in [-0.3, -0.25) is 19.2 Å². The molecule has 40 heavy (non-hydrogen) atoms. The summed E-state index contributed by atoms with van der Waals surface area (Å²) in [4.78, 5) is 56.4. The van der Waals surface area contributed by atoms with E-state index in [4.69, 9.17) is 0 Å². The molecule has 1 aromatic heterocycles. The number of alkyl halides is 3. The summed E-state index contributed by atoms with van der Waals surface area (Å²) in [6.07, 6.45) is -4.47. The van der Waals surface area contributed by atoms with E-state index in [2.05, 4.69) is 15.6 Å². The Morgan fingerprint density at radius 1 is 1.25 bits per heavy atom. The second kappa shape index (κ2) is 9.71. The van der Waals surface area contributed by atoms with Crippen LogP contribution in [0.2, 0.25) is 0 Å². The lowest BCUT2D eigenvalue weighted by atomic mass is 9.85. The van der Waals surface area contributed by atoms with Gasteiger partial charge in [-0.25, -0.2) is 9.37 Å². The van der Waals surface area contributed by atoms with Crippen molar-refractivity contribution in [2.75, 3.05) is 11.9 Å². The van der Waals surface area contributed by atoms with Crippen LogP contribution in [0.4, 0.5) is 23.4 Å². The van der Waals surface area contributed by atoms with Gasteiger partial charge in [0.25, 0.3) is 0 Å². The Labute approximate surface area is 227 Å². The van der Waals surface area contributed by atoms with Crippen molar-refractivity contribution in [1.82, 2.24) is 20.5 Å². The number of rotatable bonds is 6. The first-order valence-corrected chi connectivity index (χ1v) is 12.7. The predicted octanol–water partition coefficient (Wildman–Crippen LogP) is 2.23. The summed E-state index contributed by atoms with van der Waals surface area (Å²) < 4.78 is 52.8. The lowest BCUT2D eigenvalue weighted by Crippen LogP contribution is -2.61. The van der Waals surface area contributed by atoms with Gasteiger partial charge in [0.2, 0.25) is 17.7 Å². The maximum Gasteiger partial charge on any atom is 0.471 e. The summed E-state index contributed by atoms with van der Waals surface area (Å²) in [6.45, 7) is 8.38. The van der Waals surface area contributed by atoms with E-state index in [0.717, 1.165) is 12.3 Å². The number of nitrogens with zero attached hydrogens (tertiary/aromatic N) is 3. The summed E-state index contributed by atoms with van der Waals surface area (Å²) >= 11 is 0. The Morgan fingerprint density at radius 3 is 2.48 bits per heavy atom. The lowest BCUT2D eigenvalue weighted by molar-refractivity contribution is -0.176. The van der Waals surface area contributed by atoms with Gasteiger partial charge in [-0.05, 0) is 35.2 Å². The smallest absolute Gasteiger partial charge is 0.339 e. The SMILES string of the molecule is CC(C)(C)[C@H](NC(=O)C(F)(F)F)C(=O)N1C[C@H]2[C@@H]([C@H]1C(=O)N[C@H](C#N)CC1C(=O)Nc3ncc(F)cc31)C2(C)C. The molecule has 216 valence electrons. The molecule has 10 nitrogen and oxygen atoms in total. The maximum atomic E-state index is 13.8. The van der Waals surface area contributed by atoms with E-state index in [1.807, 2.05) is 19.9 Å². The van der Waals surface area contributed by atoms with Crippen LogP contribution in [0.3, 0.4) is 0 Å². The number of carbonyl (C=O) groups excluding carboxylic acids is 4. The van der Waals surface area contributed by atoms with E-state index < -0.39 is 65.1 Å². The van der Waals surface area contributed by atoms with E-state index in [1.54, 1.807) is 5.32 Å². The minimum atomic E-state index is -5.21. The molecule has 0 spiro atoms. The van der Waals surface area contributed by atoms with E-state index >= 15 is 0 Å². The number of carbonyl (C=O) groups is 4. The highest BCUT2D eigenvalue weighted by molar-refractivity contribution is 6.02. The van der Waals surface area contributed by atoms with Crippen molar-refractivity contribution in [2.24, 2.45) is 22.7 Å². The molecule has 0 aromatic carbocycles. The number of nitrogens with one attached hydrogen (secondary N) is 3. The number of piperidine rings is 1. The molecular formula is C26H30F4N6O4. The van der Waals surface area contributed by atoms with Gasteiger partial charge in [-0.1, -0.05) is 34.6 Å². The second-order valence-corrected chi connectivity index (χ2v) is 12.2. The van der Waals surface area contributed by atoms with Crippen LogP contribution in [0.15, 0.2) is 12.3 Å². The molecule has 3 aliphatic rings. The zero-order chi connectivity index (χ0) is 29.9. The molecule has 2 aliphatic heterocycles. The molecule has 4 rings (SSSR count). The third-order valence-electron chi connectivity index (χ3n) is 8.17. The number of hydrogen-bond donors (Lipinski definition) is 3. The number of anilines is 1. The first-order chi connectivity index (χ1) is 18.4. The molecule has 3 heterocycles. The number of hydrogen-bond acceptors (Lipinski definition) is 6. The third-order valence-corrected chi connectivity index (χ3v) is 8.17. The molecule has 1 saturated heterocycles. The molecule has 0 radical (unpaired) electrons. The molecule has 1 aliphatic carbocycles. The predicted molar refractivity (Wildman–Crippen MR) is 131 cm³/mol. The van der Waals surface area contributed by atoms with Gasteiger partial charge in [-0.2, -0.15) is 18.4 Å². The van der Waals surface area contributed by atoms with E-state index in [-0.39, 0.29) is 41.6 Å². The molecule has 1 unspecified atom stereocenters. The first-order valence-electron chi connectivity index (χ1n) is 12.7. The number of fused-ring (bicyclic) bond motifs is 2. The molecule has 2 fully saturated rings. The molecule has 1 saturated carbocycles. The van der Waals surface area contributed by atoms with Gasteiger partial charge in [0, 0.05) is 12.1 Å². The third kappa shape index (κ3) is 5.21. The Bertz CT molecular complexity index is 1300. The topological polar surface area (TPSA) is 144 Å². The largest absolute Gasteiger partial charge is 0.471 e.